The zero-order chi connectivity index (χ0) is 14.8. The maximum absolute atomic E-state index is 12.2. The molecule has 0 atom stereocenters. The number of hydrogen-bond acceptors (Lipinski definition) is 4. The third-order valence-corrected chi connectivity index (χ3v) is 3.98. The van der Waals surface area contributed by atoms with Crippen LogP contribution in [0.3, 0.4) is 0 Å². The number of aromatic nitrogens is 2. The Kier molecular flexibility index (Phi) is 3.66. The van der Waals surface area contributed by atoms with Gasteiger partial charge < -0.3 is 5.32 Å². The molecular weight excluding hydrogens is 282 g/mol. The van der Waals surface area contributed by atoms with Crippen molar-refractivity contribution in [3.63, 3.8) is 0 Å². The molecule has 0 bridgehead atoms. The average Bonchev–Trinajstić information content (AvgIpc) is 3.07. The van der Waals surface area contributed by atoms with Crippen molar-refractivity contribution in [3.05, 3.63) is 57.7 Å². The average molecular weight is 297 g/mol. The van der Waals surface area contributed by atoms with Crippen LogP contribution >= 0.6 is 11.3 Å². The maximum atomic E-state index is 12.2. The second-order valence-electron chi connectivity index (χ2n) is 4.90. The van der Waals surface area contributed by atoms with Gasteiger partial charge in [-0.15, -0.1) is 11.3 Å². The Morgan fingerprint density at radius 2 is 2.14 bits per heavy atom. The SMILES string of the molecule is Cc1cccc(NC(=O)C2=CC(c3csc(C)n3)=CC2)n1. The molecule has 1 amide bonds. The van der Waals surface area contributed by atoms with E-state index in [4.69, 9.17) is 0 Å². The molecule has 0 unspecified atom stereocenters. The minimum atomic E-state index is -0.105. The number of hydrogen-bond donors (Lipinski definition) is 1. The summed E-state index contributed by atoms with van der Waals surface area (Å²) in [6, 6.07) is 5.57. The zero-order valence-electron chi connectivity index (χ0n) is 11.9. The van der Waals surface area contributed by atoms with E-state index in [-0.39, 0.29) is 5.91 Å². The van der Waals surface area contributed by atoms with E-state index in [0.717, 1.165) is 27.5 Å². The van der Waals surface area contributed by atoms with Crippen LogP contribution in [0.4, 0.5) is 5.82 Å². The molecule has 2 aromatic rings. The van der Waals surface area contributed by atoms with Crippen molar-refractivity contribution in [3.8, 4) is 0 Å². The fraction of sp³-hybridized carbons (Fsp3) is 0.188. The molecule has 2 aromatic heterocycles. The Hall–Kier alpha value is -2.27. The van der Waals surface area contributed by atoms with Crippen LogP contribution in [-0.4, -0.2) is 15.9 Å². The van der Waals surface area contributed by atoms with Crippen molar-refractivity contribution in [2.24, 2.45) is 0 Å². The highest BCUT2D eigenvalue weighted by molar-refractivity contribution is 7.09. The predicted molar refractivity (Wildman–Crippen MR) is 85.1 cm³/mol. The summed E-state index contributed by atoms with van der Waals surface area (Å²) in [5.41, 5.74) is 3.57. The smallest absolute Gasteiger partial charge is 0.253 e. The van der Waals surface area contributed by atoms with Crippen LogP contribution in [0, 0.1) is 13.8 Å². The molecule has 106 valence electrons. The number of carbonyl (C=O) groups is 1. The van der Waals surface area contributed by atoms with Gasteiger partial charge in [0.25, 0.3) is 5.91 Å². The molecule has 0 saturated heterocycles. The lowest BCUT2D eigenvalue weighted by molar-refractivity contribution is -0.112. The molecule has 0 aliphatic heterocycles. The molecule has 2 heterocycles. The molecule has 3 rings (SSSR count). The van der Waals surface area contributed by atoms with E-state index in [1.807, 2.05) is 43.5 Å². The summed E-state index contributed by atoms with van der Waals surface area (Å²) in [7, 11) is 0. The van der Waals surface area contributed by atoms with Crippen LogP contribution < -0.4 is 5.32 Å². The Balaban J connectivity index is 1.72. The standard InChI is InChI=1S/C16H15N3OS/c1-10-4-3-5-15(17-10)19-16(20)13-7-6-12(8-13)14-9-21-11(2)18-14/h3-6,8-9H,7H2,1-2H3,(H,17,19,20). The summed E-state index contributed by atoms with van der Waals surface area (Å²) in [5, 5.41) is 5.88. The van der Waals surface area contributed by atoms with E-state index in [0.29, 0.717) is 12.2 Å². The van der Waals surface area contributed by atoms with Gasteiger partial charge in [-0.25, -0.2) is 9.97 Å². The number of nitrogens with zero attached hydrogens (tertiary/aromatic N) is 2. The summed E-state index contributed by atoms with van der Waals surface area (Å²) < 4.78 is 0. The van der Waals surface area contributed by atoms with Gasteiger partial charge in [0.15, 0.2) is 0 Å². The van der Waals surface area contributed by atoms with Crippen LogP contribution in [0.15, 0.2) is 41.3 Å². The minimum Gasteiger partial charge on any atom is -0.307 e. The van der Waals surface area contributed by atoms with E-state index in [2.05, 4.69) is 15.3 Å². The number of allylic oxidation sites excluding steroid dienone is 3. The van der Waals surface area contributed by atoms with Gasteiger partial charge in [-0.2, -0.15) is 0 Å². The summed E-state index contributed by atoms with van der Waals surface area (Å²) >= 11 is 1.61. The van der Waals surface area contributed by atoms with Crippen molar-refractivity contribution >= 4 is 28.6 Å². The van der Waals surface area contributed by atoms with E-state index in [1.165, 1.54) is 0 Å². The third kappa shape index (κ3) is 3.08. The quantitative estimate of drug-likeness (QED) is 0.943. The molecule has 1 N–H and O–H groups in total. The van der Waals surface area contributed by atoms with Gasteiger partial charge in [-0.1, -0.05) is 12.1 Å². The molecule has 1 aliphatic rings. The van der Waals surface area contributed by atoms with Gasteiger partial charge in [0.1, 0.15) is 5.82 Å². The highest BCUT2D eigenvalue weighted by atomic mass is 32.1. The minimum absolute atomic E-state index is 0.105. The first-order valence-electron chi connectivity index (χ1n) is 6.70. The zero-order valence-corrected chi connectivity index (χ0v) is 12.7. The molecule has 21 heavy (non-hydrogen) atoms. The van der Waals surface area contributed by atoms with Gasteiger partial charge in [-0.05, 0) is 44.1 Å². The van der Waals surface area contributed by atoms with E-state index >= 15 is 0 Å². The van der Waals surface area contributed by atoms with Crippen LogP contribution in [0.2, 0.25) is 0 Å². The summed E-state index contributed by atoms with van der Waals surface area (Å²) in [4.78, 5) is 21.0. The highest BCUT2D eigenvalue weighted by Gasteiger charge is 2.17. The fourth-order valence-electron chi connectivity index (χ4n) is 2.17. The lowest BCUT2D eigenvalue weighted by Crippen LogP contribution is -2.14. The van der Waals surface area contributed by atoms with Crippen molar-refractivity contribution in [1.29, 1.82) is 0 Å². The van der Waals surface area contributed by atoms with Gasteiger partial charge in [-0.3, -0.25) is 4.79 Å². The van der Waals surface area contributed by atoms with Crippen LogP contribution in [0.5, 0.6) is 0 Å². The van der Waals surface area contributed by atoms with Crippen molar-refractivity contribution in [1.82, 2.24) is 9.97 Å². The number of amides is 1. The second kappa shape index (κ2) is 5.61. The molecule has 0 aromatic carbocycles. The molecule has 0 saturated carbocycles. The monoisotopic (exact) mass is 297 g/mol. The number of anilines is 1. The van der Waals surface area contributed by atoms with E-state index in [9.17, 15) is 4.79 Å². The number of aryl methyl sites for hydroxylation is 2. The Bertz CT molecular complexity index is 758. The molecule has 0 radical (unpaired) electrons. The Morgan fingerprint density at radius 3 is 2.86 bits per heavy atom. The largest absolute Gasteiger partial charge is 0.307 e. The molecule has 0 fully saturated rings. The van der Waals surface area contributed by atoms with Crippen LogP contribution in [0.25, 0.3) is 5.57 Å². The normalized spacial score (nSPS) is 13.8. The molecule has 0 spiro atoms. The summed E-state index contributed by atoms with van der Waals surface area (Å²) in [5.74, 6) is 0.477. The number of thiazole rings is 1. The van der Waals surface area contributed by atoms with Crippen molar-refractivity contribution in [2.45, 2.75) is 20.3 Å². The first kappa shape index (κ1) is 13.7. The van der Waals surface area contributed by atoms with Crippen molar-refractivity contribution in [2.75, 3.05) is 5.32 Å². The Labute approximate surface area is 127 Å². The maximum Gasteiger partial charge on any atom is 0.253 e. The van der Waals surface area contributed by atoms with Crippen molar-refractivity contribution < 1.29 is 4.79 Å². The lowest BCUT2D eigenvalue weighted by Gasteiger charge is -2.05. The number of nitrogens with one attached hydrogen (secondary N) is 1. The lowest BCUT2D eigenvalue weighted by atomic mass is 10.2. The second-order valence-corrected chi connectivity index (χ2v) is 5.97. The van der Waals surface area contributed by atoms with Crippen LogP contribution in [0.1, 0.15) is 22.8 Å². The van der Waals surface area contributed by atoms with E-state index in [1.54, 1.807) is 17.4 Å². The first-order chi connectivity index (χ1) is 10.1. The number of rotatable bonds is 3. The summed E-state index contributed by atoms with van der Waals surface area (Å²) in [6.45, 7) is 3.87. The van der Waals surface area contributed by atoms with Gasteiger partial charge in [0.05, 0.1) is 10.7 Å². The molecule has 4 nitrogen and oxygen atoms in total. The molecular formula is C16H15N3OS. The Morgan fingerprint density at radius 1 is 1.29 bits per heavy atom. The van der Waals surface area contributed by atoms with Gasteiger partial charge in [0.2, 0.25) is 0 Å². The predicted octanol–water partition coefficient (Wildman–Crippen LogP) is 3.51. The van der Waals surface area contributed by atoms with E-state index < -0.39 is 0 Å². The fourth-order valence-corrected chi connectivity index (χ4v) is 2.79. The van der Waals surface area contributed by atoms with Gasteiger partial charge in [0, 0.05) is 16.6 Å². The van der Waals surface area contributed by atoms with Crippen LogP contribution in [-0.2, 0) is 4.79 Å². The number of pyridine rings is 1. The molecule has 5 heteroatoms. The topological polar surface area (TPSA) is 54.9 Å². The number of carbonyl (C=O) groups excluding carboxylic acids is 1. The third-order valence-electron chi connectivity index (χ3n) is 3.21. The molecule has 1 aliphatic carbocycles. The first-order valence-corrected chi connectivity index (χ1v) is 7.58. The highest BCUT2D eigenvalue weighted by Crippen LogP contribution is 2.27. The van der Waals surface area contributed by atoms with Gasteiger partial charge >= 0.3 is 0 Å². The summed E-state index contributed by atoms with van der Waals surface area (Å²) in [6.07, 6.45) is 4.57.